The fourth-order valence-corrected chi connectivity index (χ4v) is 3.93. The van der Waals surface area contributed by atoms with Crippen molar-refractivity contribution in [1.29, 1.82) is 0 Å². The maximum Gasteiger partial charge on any atom is 0.416 e. The highest BCUT2D eigenvalue weighted by molar-refractivity contribution is 7.91. The summed E-state index contributed by atoms with van der Waals surface area (Å²) in [6, 6.07) is 6.81. The van der Waals surface area contributed by atoms with Crippen molar-refractivity contribution in [3.05, 3.63) is 52.4 Å². The van der Waals surface area contributed by atoms with E-state index in [0.717, 1.165) is 23.5 Å². The van der Waals surface area contributed by atoms with Crippen molar-refractivity contribution < 1.29 is 31.5 Å². The molecule has 0 aliphatic carbocycles. The second kappa shape index (κ2) is 7.46. The fraction of sp³-hybridized carbons (Fsp3) is 0.133. The summed E-state index contributed by atoms with van der Waals surface area (Å²) in [5.41, 5.74) is 4.65. The topological polar surface area (TPSA) is 109 Å². The standard InChI is InChI=1S/C15H11F3N2O4S2/c16-15(17,18)10-4-1-9(2-5-10)3-6-11-7-8-12(25-11)26(23,24)20-13(19)14(21)22/h1-2,4-5,7-8,13,20H,19H2,(H,21,22)/t13-/m0/s1. The van der Waals surface area contributed by atoms with Crippen LogP contribution in [0.4, 0.5) is 13.2 Å². The molecule has 2 rings (SSSR count). The first-order chi connectivity index (χ1) is 12.0. The monoisotopic (exact) mass is 404 g/mol. The van der Waals surface area contributed by atoms with Gasteiger partial charge in [0.25, 0.3) is 10.0 Å². The maximum atomic E-state index is 12.5. The number of sulfonamides is 1. The van der Waals surface area contributed by atoms with E-state index in [-0.39, 0.29) is 4.21 Å². The molecule has 138 valence electrons. The first-order valence-electron chi connectivity index (χ1n) is 6.79. The summed E-state index contributed by atoms with van der Waals surface area (Å²) in [5.74, 6) is 3.72. The molecule has 1 aromatic carbocycles. The third kappa shape index (κ3) is 5.06. The SMILES string of the molecule is N[C@@H](NS(=O)(=O)c1ccc(C#Cc2ccc(C(F)(F)F)cc2)s1)C(=O)O. The van der Waals surface area contributed by atoms with Gasteiger partial charge in [0.1, 0.15) is 4.21 Å². The number of carbonyl (C=O) groups is 1. The van der Waals surface area contributed by atoms with Crippen LogP contribution >= 0.6 is 11.3 Å². The van der Waals surface area contributed by atoms with E-state index < -0.39 is 33.9 Å². The Hall–Kier alpha value is -2.39. The Kier molecular flexibility index (Phi) is 5.72. The van der Waals surface area contributed by atoms with E-state index in [1.54, 1.807) is 4.72 Å². The third-order valence-corrected chi connectivity index (χ3v) is 5.87. The van der Waals surface area contributed by atoms with Gasteiger partial charge in [-0.2, -0.15) is 17.9 Å². The van der Waals surface area contributed by atoms with Crippen LogP contribution in [-0.2, 0) is 21.0 Å². The minimum Gasteiger partial charge on any atom is -0.479 e. The van der Waals surface area contributed by atoms with E-state index in [1.165, 1.54) is 24.3 Å². The summed E-state index contributed by atoms with van der Waals surface area (Å²) in [5, 5.41) is 8.64. The van der Waals surface area contributed by atoms with Gasteiger partial charge in [0, 0.05) is 5.56 Å². The summed E-state index contributed by atoms with van der Waals surface area (Å²) < 4.78 is 63.0. The number of hydrogen-bond donors (Lipinski definition) is 3. The summed E-state index contributed by atoms with van der Waals surface area (Å²) in [6.07, 6.45) is -6.23. The Balaban J connectivity index is 2.17. The number of rotatable bonds is 4. The molecule has 0 unspecified atom stereocenters. The number of benzene rings is 1. The minimum atomic E-state index is -4.44. The number of carboxylic acids is 1. The maximum absolute atomic E-state index is 12.5. The average Bonchev–Trinajstić information content (AvgIpc) is 3.02. The molecule has 26 heavy (non-hydrogen) atoms. The molecule has 0 aliphatic heterocycles. The van der Waals surface area contributed by atoms with Crippen LogP contribution in [-0.4, -0.2) is 25.7 Å². The first kappa shape index (κ1) is 19.9. The molecule has 0 saturated heterocycles. The summed E-state index contributed by atoms with van der Waals surface area (Å²) in [4.78, 5) is 10.9. The molecular weight excluding hydrogens is 393 g/mol. The molecule has 0 radical (unpaired) electrons. The van der Waals surface area contributed by atoms with Crippen molar-refractivity contribution in [2.24, 2.45) is 5.73 Å². The molecule has 11 heteroatoms. The van der Waals surface area contributed by atoms with Crippen molar-refractivity contribution in [1.82, 2.24) is 4.72 Å². The highest BCUT2D eigenvalue weighted by atomic mass is 32.2. The predicted molar refractivity (Wildman–Crippen MR) is 87.7 cm³/mol. The van der Waals surface area contributed by atoms with Gasteiger partial charge in [-0.3, -0.25) is 0 Å². The number of alkyl halides is 3. The zero-order valence-electron chi connectivity index (χ0n) is 12.7. The van der Waals surface area contributed by atoms with Gasteiger partial charge >= 0.3 is 12.1 Å². The van der Waals surface area contributed by atoms with Gasteiger partial charge in [0.2, 0.25) is 0 Å². The molecule has 1 atom stereocenters. The lowest BCUT2D eigenvalue weighted by Gasteiger charge is -2.07. The van der Waals surface area contributed by atoms with Crippen molar-refractivity contribution in [3.8, 4) is 11.8 Å². The van der Waals surface area contributed by atoms with Gasteiger partial charge in [0.15, 0.2) is 6.17 Å². The van der Waals surface area contributed by atoms with E-state index in [0.29, 0.717) is 10.4 Å². The van der Waals surface area contributed by atoms with Crippen LogP contribution in [0.1, 0.15) is 16.0 Å². The Morgan fingerprint density at radius 1 is 1.15 bits per heavy atom. The Bertz CT molecular complexity index is 971. The smallest absolute Gasteiger partial charge is 0.416 e. The van der Waals surface area contributed by atoms with Crippen LogP contribution < -0.4 is 10.5 Å². The molecular formula is C15H11F3N2O4S2. The second-order valence-electron chi connectivity index (χ2n) is 4.88. The number of nitrogens with two attached hydrogens (primary N) is 1. The van der Waals surface area contributed by atoms with Gasteiger partial charge in [-0.1, -0.05) is 11.8 Å². The molecule has 4 N–H and O–H groups in total. The first-order valence-corrected chi connectivity index (χ1v) is 9.09. The Labute approximate surface area is 150 Å². The summed E-state index contributed by atoms with van der Waals surface area (Å²) in [7, 11) is -4.12. The molecule has 1 heterocycles. The van der Waals surface area contributed by atoms with E-state index >= 15 is 0 Å². The number of halogens is 3. The lowest BCUT2D eigenvalue weighted by Crippen LogP contribution is -2.46. The van der Waals surface area contributed by atoms with Gasteiger partial charge < -0.3 is 10.8 Å². The minimum absolute atomic E-state index is 0.189. The summed E-state index contributed by atoms with van der Waals surface area (Å²) >= 11 is 0.768. The van der Waals surface area contributed by atoms with Crippen molar-refractivity contribution >= 4 is 27.3 Å². The van der Waals surface area contributed by atoms with Crippen LogP contribution in [0.25, 0.3) is 0 Å². The number of nitrogens with one attached hydrogen (secondary N) is 1. The molecule has 2 aromatic rings. The normalized spacial score (nSPS) is 12.9. The zero-order chi connectivity index (χ0) is 19.5. The van der Waals surface area contributed by atoms with Gasteiger partial charge in [-0.15, -0.1) is 11.3 Å². The van der Waals surface area contributed by atoms with E-state index in [1.807, 2.05) is 0 Å². The molecule has 6 nitrogen and oxygen atoms in total. The van der Waals surface area contributed by atoms with Crippen LogP contribution in [0, 0.1) is 11.8 Å². The van der Waals surface area contributed by atoms with Crippen LogP contribution in [0.15, 0.2) is 40.6 Å². The van der Waals surface area contributed by atoms with Gasteiger partial charge in [-0.25, -0.2) is 13.2 Å². The number of aliphatic carboxylic acids is 1. The molecule has 0 spiro atoms. The van der Waals surface area contributed by atoms with Gasteiger partial charge in [0.05, 0.1) is 10.4 Å². The van der Waals surface area contributed by atoms with Crippen LogP contribution in [0.2, 0.25) is 0 Å². The molecule has 0 fully saturated rings. The highest BCUT2D eigenvalue weighted by Crippen LogP contribution is 2.29. The second-order valence-corrected chi connectivity index (χ2v) is 7.91. The zero-order valence-corrected chi connectivity index (χ0v) is 14.4. The van der Waals surface area contributed by atoms with Gasteiger partial charge in [-0.05, 0) is 36.4 Å². The molecule has 0 bridgehead atoms. The number of carboxylic acid groups (broad SMARTS) is 1. The predicted octanol–water partition coefficient (Wildman–Crippen LogP) is 1.81. The molecule has 0 amide bonds. The lowest BCUT2D eigenvalue weighted by molar-refractivity contribution is -0.139. The van der Waals surface area contributed by atoms with E-state index in [2.05, 4.69) is 11.8 Å². The van der Waals surface area contributed by atoms with Crippen LogP contribution in [0.5, 0.6) is 0 Å². The number of thiophene rings is 1. The van der Waals surface area contributed by atoms with Crippen molar-refractivity contribution in [2.45, 2.75) is 16.6 Å². The summed E-state index contributed by atoms with van der Waals surface area (Å²) in [6.45, 7) is 0. The molecule has 0 saturated carbocycles. The van der Waals surface area contributed by atoms with Crippen molar-refractivity contribution in [2.75, 3.05) is 0 Å². The Morgan fingerprint density at radius 3 is 2.31 bits per heavy atom. The fourth-order valence-electron chi connectivity index (χ4n) is 1.68. The molecule has 1 aromatic heterocycles. The highest BCUT2D eigenvalue weighted by Gasteiger charge is 2.29. The van der Waals surface area contributed by atoms with Crippen LogP contribution in [0.3, 0.4) is 0 Å². The Morgan fingerprint density at radius 2 is 1.77 bits per heavy atom. The van der Waals surface area contributed by atoms with Crippen molar-refractivity contribution in [3.63, 3.8) is 0 Å². The molecule has 0 aliphatic rings. The van der Waals surface area contributed by atoms with E-state index in [4.69, 9.17) is 10.8 Å². The average molecular weight is 404 g/mol. The third-order valence-electron chi connectivity index (χ3n) is 2.94. The van der Waals surface area contributed by atoms with E-state index in [9.17, 15) is 26.4 Å². The number of hydrogen-bond acceptors (Lipinski definition) is 5. The quantitative estimate of drug-likeness (QED) is 0.532. The largest absolute Gasteiger partial charge is 0.479 e. The lowest BCUT2D eigenvalue weighted by atomic mass is 10.1.